The van der Waals surface area contributed by atoms with Gasteiger partial charge in [-0.05, 0) is 89.5 Å². The van der Waals surface area contributed by atoms with E-state index in [1.807, 2.05) is 36.5 Å². The van der Waals surface area contributed by atoms with Gasteiger partial charge in [0, 0.05) is 41.7 Å². The van der Waals surface area contributed by atoms with Crippen LogP contribution >= 0.6 is 0 Å². The van der Waals surface area contributed by atoms with Crippen LogP contribution in [0.2, 0.25) is 0 Å². The van der Waals surface area contributed by atoms with Gasteiger partial charge in [0.2, 0.25) is 5.91 Å². The van der Waals surface area contributed by atoms with Crippen molar-refractivity contribution in [1.29, 1.82) is 0 Å². The summed E-state index contributed by atoms with van der Waals surface area (Å²) >= 11 is 0. The lowest BCUT2D eigenvalue weighted by molar-refractivity contribution is -0.121. The standard InChI is InChI=1S/C28H27N7O2/c29-35-32-14-2-13-31-27(36)3-1-16-37-23-8-4-19(5-9-23)28-33-25-11-7-21(18-26(25)34-28)20-6-10-24-22(17-20)12-15-30-24/h4-12,15,17-18,30H,1-3,13-14,16H2,(H,31,36)(H,33,34). The number of carbonyl (C=O) groups excluding carboxylic acids is 1. The van der Waals surface area contributed by atoms with Crippen LogP contribution in [0, 0.1) is 0 Å². The fourth-order valence-corrected chi connectivity index (χ4v) is 4.20. The number of azide groups is 1. The summed E-state index contributed by atoms with van der Waals surface area (Å²) in [4.78, 5) is 25.9. The van der Waals surface area contributed by atoms with E-state index in [9.17, 15) is 4.79 Å². The molecule has 0 aliphatic heterocycles. The van der Waals surface area contributed by atoms with E-state index < -0.39 is 0 Å². The Labute approximate surface area is 213 Å². The fraction of sp³-hybridized carbons (Fsp3) is 0.214. The zero-order chi connectivity index (χ0) is 25.5. The quantitative estimate of drug-likeness (QED) is 0.0856. The minimum Gasteiger partial charge on any atom is -0.494 e. The molecule has 0 spiro atoms. The molecule has 0 saturated carbocycles. The summed E-state index contributed by atoms with van der Waals surface area (Å²) in [5.74, 6) is 1.52. The number of nitrogens with zero attached hydrogens (tertiary/aromatic N) is 4. The number of fused-ring (bicyclic) bond motifs is 2. The van der Waals surface area contributed by atoms with Gasteiger partial charge in [0.15, 0.2) is 0 Å². The Kier molecular flexibility index (Phi) is 7.34. The first-order valence-corrected chi connectivity index (χ1v) is 12.3. The van der Waals surface area contributed by atoms with Gasteiger partial charge in [0.25, 0.3) is 0 Å². The molecule has 5 aromatic rings. The molecule has 37 heavy (non-hydrogen) atoms. The number of nitrogens with one attached hydrogen (secondary N) is 3. The van der Waals surface area contributed by atoms with Crippen LogP contribution in [0.5, 0.6) is 5.75 Å². The van der Waals surface area contributed by atoms with E-state index in [4.69, 9.17) is 15.3 Å². The van der Waals surface area contributed by atoms with E-state index in [2.05, 4.69) is 61.7 Å². The third-order valence-electron chi connectivity index (χ3n) is 6.13. The highest BCUT2D eigenvalue weighted by Gasteiger charge is 2.08. The molecule has 2 heterocycles. The van der Waals surface area contributed by atoms with Crippen molar-refractivity contribution in [1.82, 2.24) is 20.3 Å². The first-order valence-electron chi connectivity index (χ1n) is 12.3. The molecule has 0 radical (unpaired) electrons. The number of amides is 1. The van der Waals surface area contributed by atoms with Crippen molar-refractivity contribution >= 4 is 27.8 Å². The van der Waals surface area contributed by atoms with E-state index in [1.165, 1.54) is 5.39 Å². The highest BCUT2D eigenvalue weighted by atomic mass is 16.5. The average Bonchev–Trinajstić information content (AvgIpc) is 3.57. The largest absolute Gasteiger partial charge is 0.494 e. The second-order valence-corrected chi connectivity index (χ2v) is 8.73. The summed E-state index contributed by atoms with van der Waals surface area (Å²) in [7, 11) is 0. The number of hydrogen-bond acceptors (Lipinski definition) is 4. The molecule has 9 nitrogen and oxygen atoms in total. The number of benzene rings is 3. The van der Waals surface area contributed by atoms with Gasteiger partial charge in [0.05, 0.1) is 17.6 Å². The van der Waals surface area contributed by atoms with Crippen molar-refractivity contribution in [2.45, 2.75) is 19.3 Å². The minimum atomic E-state index is -0.0297. The smallest absolute Gasteiger partial charge is 0.220 e. The number of H-pyrrole nitrogens is 2. The molecule has 0 atom stereocenters. The third-order valence-corrected chi connectivity index (χ3v) is 6.13. The monoisotopic (exact) mass is 493 g/mol. The van der Waals surface area contributed by atoms with Gasteiger partial charge in [-0.3, -0.25) is 4.79 Å². The first kappa shape index (κ1) is 24.0. The Balaban J connectivity index is 1.15. The summed E-state index contributed by atoms with van der Waals surface area (Å²) in [5.41, 5.74) is 14.5. The van der Waals surface area contributed by atoms with Gasteiger partial charge >= 0.3 is 0 Å². The molecule has 0 saturated heterocycles. The van der Waals surface area contributed by atoms with E-state index in [-0.39, 0.29) is 5.91 Å². The summed E-state index contributed by atoms with van der Waals surface area (Å²) in [6, 6.07) is 22.5. The molecule has 1 amide bonds. The molecule has 9 heteroatoms. The van der Waals surface area contributed by atoms with Crippen molar-refractivity contribution in [2.75, 3.05) is 19.7 Å². The number of rotatable bonds is 11. The maximum Gasteiger partial charge on any atom is 0.220 e. The molecule has 0 aliphatic rings. The predicted octanol–water partition coefficient (Wildman–Crippen LogP) is 6.35. The molecule has 2 aromatic heterocycles. The Bertz CT molecular complexity index is 1560. The lowest BCUT2D eigenvalue weighted by atomic mass is 10.0. The molecule has 186 valence electrons. The number of carbonyl (C=O) groups is 1. The molecular formula is C28H27N7O2. The molecular weight excluding hydrogens is 466 g/mol. The van der Waals surface area contributed by atoms with Crippen LogP contribution in [-0.4, -0.2) is 40.6 Å². The van der Waals surface area contributed by atoms with Crippen molar-refractivity contribution in [3.05, 3.63) is 83.4 Å². The second kappa shape index (κ2) is 11.3. The Morgan fingerprint density at radius 3 is 2.65 bits per heavy atom. The Morgan fingerprint density at radius 2 is 1.78 bits per heavy atom. The summed E-state index contributed by atoms with van der Waals surface area (Å²) in [6.07, 6.45) is 3.59. The van der Waals surface area contributed by atoms with Crippen molar-refractivity contribution in [3.63, 3.8) is 0 Å². The van der Waals surface area contributed by atoms with Crippen molar-refractivity contribution in [3.8, 4) is 28.3 Å². The molecule has 0 unspecified atom stereocenters. The molecule has 0 fully saturated rings. The number of imidazole rings is 1. The maximum absolute atomic E-state index is 11.8. The highest BCUT2D eigenvalue weighted by Crippen LogP contribution is 2.28. The number of hydrogen-bond donors (Lipinski definition) is 3. The first-order chi connectivity index (χ1) is 18.2. The fourth-order valence-electron chi connectivity index (χ4n) is 4.20. The van der Waals surface area contributed by atoms with Gasteiger partial charge in [-0.2, -0.15) is 0 Å². The topological polar surface area (TPSA) is 132 Å². The molecule has 0 aliphatic carbocycles. The number of ether oxygens (including phenoxy) is 1. The average molecular weight is 494 g/mol. The van der Waals surface area contributed by atoms with Gasteiger partial charge in [0.1, 0.15) is 11.6 Å². The predicted molar refractivity (Wildman–Crippen MR) is 145 cm³/mol. The van der Waals surface area contributed by atoms with Crippen LogP contribution in [0.25, 0.3) is 54.9 Å². The molecule has 0 bridgehead atoms. The van der Waals surface area contributed by atoms with E-state index in [0.717, 1.165) is 44.8 Å². The summed E-state index contributed by atoms with van der Waals surface area (Å²) < 4.78 is 5.79. The lowest BCUT2D eigenvalue weighted by Crippen LogP contribution is -2.24. The van der Waals surface area contributed by atoms with Gasteiger partial charge < -0.3 is 20.0 Å². The van der Waals surface area contributed by atoms with Gasteiger partial charge in [-0.25, -0.2) is 4.98 Å². The van der Waals surface area contributed by atoms with Crippen LogP contribution < -0.4 is 10.1 Å². The van der Waals surface area contributed by atoms with E-state index in [0.29, 0.717) is 39.0 Å². The van der Waals surface area contributed by atoms with Gasteiger partial charge in [-0.15, -0.1) is 0 Å². The SMILES string of the molecule is [N-]=[N+]=NCCCNC(=O)CCCOc1ccc(-c2nc3ccc(-c4ccc5[nH]ccc5c4)cc3[nH]2)cc1. The second-order valence-electron chi connectivity index (χ2n) is 8.73. The van der Waals surface area contributed by atoms with E-state index in [1.54, 1.807) is 0 Å². The zero-order valence-corrected chi connectivity index (χ0v) is 20.3. The van der Waals surface area contributed by atoms with Crippen molar-refractivity contribution < 1.29 is 9.53 Å². The summed E-state index contributed by atoms with van der Waals surface area (Å²) in [5, 5.41) is 7.43. The number of aromatic amines is 2. The minimum absolute atomic E-state index is 0.0297. The molecule has 3 aromatic carbocycles. The normalized spacial score (nSPS) is 10.9. The highest BCUT2D eigenvalue weighted by molar-refractivity contribution is 5.88. The van der Waals surface area contributed by atoms with Crippen LogP contribution in [0.3, 0.4) is 0 Å². The molecule has 3 N–H and O–H groups in total. The lowest BCUT2D eigenvalue weighted by Gasteiger charge is -2.07. The third kappa shape index (κ3) is 5.91. The Morgan fingerprint density at radius 1 is 0.973 bits per heavy atom. The zero-order valence-electron chi connectivity index (χ0n) is 20.3. The van der Waals surface area contributed by atoms with Crippen LogP contribution in [-0.2, 0) is 4.79 Å². The number of aromatic nitrogens is 3. The van der Waals surface area contributed by atoms with Crippen molar-refractivity contribution in [2.24, 2.45) is 5.11 Å². The van der Waals surface area contributed by atoms with Crippen LogP contribution in [0.1, 0.15) is 19.3 Å². The van der Waals surface area contributed by atoms with Crippen LogP contribution in [0.15, 0.2) is 78.0 Å². The van der Waals surface area contributed by atoms with Crippen LogP contribution in [0.4, 0.5) is 0 Å². The van der Waals surface area contributed by atoms with Gasteiger partial charge in [-0.1, -0.05) is 17.2 Å². The molecule has 5 rings (SSSR count). The summed E-state index contributed by atoms with van der Waals surface area (Å²) in [6.45, 7) is 1.34. The van der Waals surface area contributed by atoms with E-state index >= 15 is 0 Å². The maximum atomic E-state index is 11.8. The Hall–Kier alpha value is -4.75.